The van der Waals surface area contributed by atoms with E-state index in [1.807, 2.05) is 0 Å². The van der Waals surface area contributed by atoms with Crippen LogP contribution in [-0.2, 0) is 14.8 Å². The van der Waals surface area contributed by atoms with Gasteiger partial charge in [-0.05, 0) is 46.3 Å². The third-order valence-corrected chi connectivity index (χ3v) is 6.14. The lowest BCUT2D eigenvalue weighted by Crippen LogP contribution is -2.40. The van der Waals surface area contributed by atoms with E-state index in [-0.39, 0.29) is 29.4 Å². The lowest BCUT2D eigenvalue weighted by Gasteiger charge is -2.26. The maximum atomic E-state index is 12.8. The number of carbonyl (C=O) groups excluding carboxylic acids is 1. The molecule has 140 valence electrons. The summed E-state index contributed by atoms with van der Waals surface area (Å²) in [6.45, 7) is 1.28. The lowest BCUT2D eigenvalue weighted by molar-refractivity contribution is 0.0730. The van der Waals surface area contributed by atoms with Gasteiger partial charge in [0.25, 0.3) is 5.91 Å². The molecule has 3 rings (SSSR count). The fraction of sp³-hybridized carbons (Fsp3) is 0.312. The number of nitrogens with zero attached hydrogens (tertiary/aromatic N) is 1. The molecule has 1 aromatic heterocycles. The first-order valence-corrected chi connectivity index (χ1v) is 9.98. The first kappa shape index (κ1) is 18.9. The van der Waals surface area contributed by atoms with E-state index in [1.54, 1.807) is 6.07 Å². The summed E-state index contributed by atoms with van der Waals surface area (Å²) in [4.78, 5) is 12.4. The van der Waals surface area contributed by atoms with Gasteiger partial charge in [0.15, 0.2) is 10.4 Å². The minimum Gasteiger partial charge on any atom is -0.495 e. The zero-order valence-electron chi connectivity index (χ0n) is 13.9. The Labute approximate surface area is 159 Å². The van der Waals surface area contributed by atoms with Crippen molar-refractivity contribution in [2.75, 3.05) is 38.7 Å². The highest BCUT2D eigenvalue weighted by Gasteiger charge is 2.27. The molecular weight excluding hydrogens is 428 g/mol. The fourth-order valence-electron chi connectivity index (χ4n) is 2.50. The molecular formula is C16H17BrN2O6S. The molecule has 10 heteroatoms. The summed E-state index contributed by atoms with van der Waals surface area (Å²) >= 11 is 3.13. The summed E-state index contributed by atoms with van der Waals surface area (Å²) in [7, 11) is -2.26. The summed E-state index contributed by atoms with van der Waals surface area (Å²) < 4.78 is 43.0. The number of ether oxygens (including phenoxy) is 2. The smallest absolute Gasteiger partial charge is 0.291 e. The van der Waals surface area contributed by atoms with E-state index in [2.05, 4.69) is 21.2 Å². The summed E-state index contributed by atoms with van der Waals surface area (Å²) in [6.07, 6.45) is 0. The monoisotopic (exact) mass is 444 g/mol. The van der Waals surface area contributed by atoms with Crippen molar-refractivity contribution in [3.05, 3.63) is 40.8 Å². The van der Waals surface area contributed by atoms with Gasteiger partial charge < -0.3 is 19.2 Å². The average molecular weight is 445 g/mol. The number of hydrogen-bond donors (Lipinski definition) is 1. The number of rotatable bonds is 5. The van der Waals surface area contributed by atoms with Gasteiger partial charge in [-0.3, -0.25) is 4.79 Å². The van der Waals surface area contributed by atoms with E-state index >= 15 is 0 Å². The van der Waals surface area contributed by atoms with Crippen molar-refractivity contribution >= 4 is 37.5 Å². The summed E-state index contributed by atoms with van der Waals surface area (Å²) in [5.41, 5.74) is 0.236. The molecule has 1 aliphatic heterocycles. The Morgan fingerprint density at radius 2 is 1.96 bits per heavy atom. The largest absolute Gasteiger partial charge is 0.495 e. The van der Waals surface area contributed by atoms with E-state index < -0.39 is 15.9 Å². The predicted molar refractivity (Wildman–Crippen MR) is 96.9 cm³/mol. The molecule has 0 atom stereocenters. The zero-order valence-corrected chi connectivity index (χ0v) is 16.3. The SMILES string of the molecule is COc1ccc(S(=O)(=O)N2CCOCC2)cc1NC(=O)c1ccc(Br)o1. The average Bonchev–Trinajstić information content (AvgIpc) is 3.09. The highest BCUT2D eigenvalue weighted by Crippen LogP contribution is 2.30. The molecule has 1 amide bonds. The number of anilines is 1. The van der Waals surface area contributed by atoms with Crippen LogP contribution >= 0.6 is 15.9 Å². The van der Waals surface area contributed by atoms with Crippen LogP contribution in [0.3, 0.4) is 0 Å². The summed E-state index contributed by atoms with van der Waals surface area (Å²) in [6, 6.07) is 7.41. The Balaban J connectivity index is 1.90. The molecule has 1 aromatic carbocycles. The summed E-state index contributed by atoms with van der Waals surface area (Å²) in [5.74, 6) is -0.0970. The second-order valence-electron chi connectivity index (χ2n) is 5.44. The minimum atomic E-state index is -3.69. The Morgan fingerprint density at radius 1 is 1.23 bits per heavy atom. The molecule has 2 aromatic rings. The number of carbonyl (C=O) groups is 1. The van der Waals surface area contributed by atoms with Gasteiger partial charge in [-0.1, -0.05) is 0 Å². The minimum absolute atomic E-state index is 0.0659. The zero-order chi connectivity index (χ0) is 18.7. The van der Waals surface area contributed by atoms with Crippen molar-refractivity contribution in [2.24, 2.45) is 0 Å². The van der Waals surface area contributed by atoms with Crippen molar-refractivity contribution in [1.29, 1.82) is 0 Å². The van der Waals surface area contributed by atoms with Crippen LogP contribution in [-0.4, -0.2) is 52.0 Å². The normalized spacial score (nSPS) is 15.6. The Bertz CT molecular complexity index is 905. The standard InChI is InChI=1S/C16H17BrN2O6S/c1-23-13-3-2-11(26(21,22)19-6-8-24-9-7-19)10-12(13)18-16(20)14-4-5-15(17)25-14/h2-5,10H,6-9H2,1H3,(H,18,20). The lowest BCUT2D eigenvalue weighted by atomic mass is 10.3. The number of benzene rings is 1. The van der Waals surface area contributed by atoms with Crippen molar-refractivity contribution in [1.82, 2.24) is 4.31 Å². The molecule has 26 heavy (non-hydrogen) atoms. The van der Waals surface area contributed by atoms with Gasteiger partial charge >= 0.3 is 0 Å². The highest BCUT2D eigenvalue weighted by atomic mass is 79.9. The Morgan fingerprint density at radius 3 is 2.58 bits per heavy atom. The molecule has 0 aliphatic carbocycles. The molecule has 0 radical (unpaired) electrons. The van der Waals surface area contributed by atoms with Crippen LogP contribution < -0.4 is 10.1 Å². The van der Waals surface area contributed by atoms with Gasteiger partial charge in [-0.15, -0.1) is 0 Å². The molecule has 0 saturated carbocycles. The predicted octanol–water partition coefficient (Wildman–Crippen LogP) is 2.32. The van der Waals surface area contributed by atoms with E-state index in [4.69, 9.17) is 13.9 Å². The van der Waals surface area contributed by atoms with Gasteiger partial charge in [0.1, 0.15) is 5.75 Å². The van der Waals surface area contributed by atoms with Crippen LogP contribution in [0.1, 0.15) is 10.6 Å². The van der Waals surface area contributed by atoms with Crippen LogP contribution in [0.25, 0.3) is 0 Å². The second-order valence-corrected chi connectivity index (χ2v) is 8.16. The molecule has 8 nitrogen and oxygen atoms in total. The molecule has 1 aliphatic rings. The molecule has 0 bridgehead atoms. The number of halogens is 1. The Hall–Kier alpha value is -1.88. The number of amides is 1. The highest BCUT2D eigenvalue weighted by molar-refractivity contribution is 9.10. The van der Waals surface area contributed by atoms with Crippen LogP contribution in [0.2, 0.25) is 0 Å². The topological polar surface area (TPSA) is 98.1 Å². The quantitative estimate of drug-likeness (QED) is 0.759. The van der Waals surface area contributed by atoms with Crippen molar-refractivity contribution in [3.63, 3.8) is 0 Å². The third kappa shape index (κ3) is 3.93. The van der Waals surface area contributed by atoms with Crippen LogP contribution in [0.5, 0.6) is 5.75 Å². The van der Waals surface area contributed by atoms with Gasteiger partial charge in [-0.2, -0.15) is 4.31 Å². The number of methoxy groups -OCH3 is 1. The van der Waals surface area contributed by atoms with E-state index in [0.717, 1.165) is 0 Å². The van der Waals surface area contributed by atoms with E-state index in [1.165, 1.54) is 35.7 Å². The number of morpholine rings is 1. The first-order valence-electron chi connectivity index (χ1n) is 7.74. The fourth-order valence-corrected chi connectivity index (χ4v) is 4.24. The Kier molecular flexibility index (Phi) is 5.66. The summed E-state index contributed by atoms with van der Waals surface area (Å²) in [5, 5.41) is 2.62. The van der Waals surface area contributed by atoms with Crippen molar-refractivity contribution in [3.8, 4) is 5.75 Å². The van der Waals surface area contributed by atoms with Crippen LogP contribution in [0.15, 0.2) is 44.3 Å². The molecule has 0 spiro atoms. The molecule has 1 saturated heterocycles. The van der Waals surface area contributed by atoms with Crippen LogP contribution in [0.4, 0.5) is 5.69 Å². The van der Waals surface area contributed by atoms with Crippen molar-refractivity contribution < 1.29 is 27.1 Å². The van der Waals surface area contributed by atoms with Gasteiger partial charge in [0, 0.05) is 13.1 Å². The molecule has 0 unspecified atom stereocenters. The van der Waals surface area contributed by atoms with Crippen LogP contribution in [0, 0.1) is 0 Å². The number of nitrogens with one attached hydrogen (secondary N) is 1. The number of hydrogen-bond acceptors (Lipinski definition) is 6. The van der Waals surface area contributed by atoms with Gasteiger partial charge in [0.2, 0.25) is 10.0 Å². The maximum absolute atomic E-state index is 12.8. The second kappa shape index (κ2) is 7.78. The van der Waals surface area contributed by atoms with E-state index in [0.29, 0.717) is 23.6 Å². The molecule has 1 N–H and O–H groups in total. The number of sulfonamides is 1. The van der Waals surface area contributed by atoms with Gasteiger partial charge in [-0.25, -0.2) is 8.42 Å². The molecule has 1 fully saturated rings. The third-order valence-electron chi connectivity index (χ3n) is 3.82. The molecule has 2 heterocycles. The van der Waals surface area contributed by atoms with Gasteiger partial charge in [0.05, 0.1) is 30.9 Å². The van der Waals surface area contributed by atoms with E-state index in [9.17, 15) is 13.2 Å². The maximum Gasteiger partial charge on any atom is 0.291 e. The number of furan rings is 1. The first-order chi connectivity index (χ1) is 12.4. The van der Waals surface area contributed by atoms with Crippen molar-refractivity contribution in [2.45, 2.75) is 4.90 Å².